The van der Waals surface area contributed by atoms with E-state index in [1.54, 1.807) is 0 Å². The molecule has 0 fully saturated rings. The van der Waals surface area contributed by atoms with Gasteiger partial charge in [-0.3, -0.25) is 0 Å². The molecule has 0 saturated carbocycles. The van der Waals surface area contributed by atoms with Crippen molar-refractivity contribution in [3.05, 3.63) is 84.2 Å². The first kappa shape index (κ1) is 45.2. The van der Waals surface area contributed by atoms with Gasteiger partial charge in [-0.25, -0.2) is 0 Å². The Morgan fingerprint density at radius 3 is 1.06 bits per heavy atom. The maximum absolute atomic E-state index is 2.80. The third-order valence-electron chi connectivity index (χ3n) is 12.4. The summed E-state index contributed by atoms with van der Waals surface area (Å²) >= 11 is 0. The number of hydrogen-bond acceptors (Lipinski definition) is 2. The maximum Gasteiger partial charge on any atom is 0.123 e. The van der Waals surface area contributed by atoms with Crippen LogP contribution in [0.2, 0.25) is 0 Å². The van der Waals surface area contributed by atoms with Gasteiger partial charge in [0.05, 0.1) is 0 Å². The lowest BCUT2D eigenvalue weighted by atomic mass is 9.78. The fraction of sp³-hybridized carbons (Fsp3) is 0.725. The van der Waals surface area contributed by atoms with E-state index in [4.69, 9.17) is 0 Å². The summed E-state index contributed by atoms with van der Waals surface area (Å²) in [6, 6.07) is 22.9. The number of rotatable bonds is 35. The first-order valence-electron chi connectivity index (χ1n) is 23.6. The van der Waals surface area contributed by atoms with Crippen molar-refractivity contribution in [3.63, 3.8) is 0 Å². The van der Waals surface area contributed by atoms with Crippen molar-refractivity contribution < 1.29 is 0 Å². The summed E-state index contributed by atoms with van der Waals surface area (Å²) in [5.74, 6) is 0.442. The van der Waals surface area contributed by atoms with Gasteiger partial charge in [-0.1, -0.05) is 248 Å². The van der Waals surface area contributed by atoms with E-state index in [1.807, 2.05) is 0 Å². The van der Waals surface area contributed by atoms with Crippen LogP contribution in [-0.4, -0.2) is 28.6 Å². The highest BCUT2D eigenvalue weighted by molar-refractivity contribution is 5.30. The largest absolute Gasteiger partial charge is 0.353 e. The molecule has 0 aromatic heterocycles. The summed E-state index contributed by atoms with van der Waals surface area (Å²) in [7, 11) is 0. The van der Waals surface area contributed by atoms with Gasteiger partial charge in [0.2, 0.25) is 0 Å². The molecule has 0 amide bonds. The van der Waals surface area contributed by atoms with Crippen molar-refractivity contribution >= 4 is 0 Å². The normalized spacial score (nSPS) is 16.2. The first-order valence-corrected chi connectivity index (χ1v) is 23.6. The predicted octanol–water partition coefficient (Wildman–Crippen LogP) is 16.2. The van der Waals surface area contributed by atoms with E-state index in [-0.39, 0.29) is 5.66 Å². The Labute approximate surface area is 331 Å². The molecule has 0 aliphatic carbocycles. The first-order chi connectivity index (χ1) is 26.3. The molecule has 0 spiro atoms. The van der Waals surface area contributed by atoms with E-state index in [9.17, 15) is 0 Å². The minimum absolute atomic E-state index is 0.0647. The molecule has 2 unspecified atom stereocenters. The van der Waals surface area contributed by atoms with Crippen LogP contribution < -0.4 is 0 Å². The second-order valence-electron chi connectivity index (χ2n) is 16.8. The fourth-order valence-corrected chi connectivity index (χ4v) is 9.21. The zero-order valence-corrected chi connectivity index (χ0v) is 35.5. The number of benzene rings is 2. The molecule has 2 aromatic rings. The molecule has 2 heteroatoms. The Balaban J connectivity index is 1.50. The summed E-state index contributed by atoms with van der Waals surface area (Å²) in [5.41, 5.74) is 2.89. The van der Waals surface area contributed by atoms with Gasteiger partial charge in [-0.2, -0.15) is 0 Å². The molecule has 0 radical (unpaired) electrons. The molecule has 0 saturated heterocycles. The summed E-state index contributed by atoms with van der Waals surface area (Å²) in [6.45, 7) is 9.36. The van der Waals surface area contributed by atoms with Gasteiger partial charge in [-0.05, 0) is 30.4 Å². The third-order valence-corrected chi connectivity index (χ3v) is 12.4. The summed E-state index contributed by atoms with van der Waals surface area (Å²) < 4.78 is 0. The highest BCUT2D eigenvalue weighted by Gasteiger charge is 2.49. The van der Waals surface area contributed by atoms with Crippen LogP contribution in [0.1, 0.15) is 224 Å². The van der Waals surface area contributed by atoms with Crippen molar-refractivity contribution in [1.29, 1.82) is 0 Å². The second-order valence-corrected chi connectivity index (χ2v) is 16.8. The standard InChI is InChI=1S/C51H86N2/c1-4-7-9-11-13-15-17-19-20-21-22-24-26-28-30-38-44-53-46-45-52(43-37-29-27-25-23-18-16-14-12-10-8-5-2)51(53,47-48-39-33-31-34-40-48)50(6-3)49-41-35-32-36-42-49/h31-36,39-42,45-46,50H,4-30,37-38,43-44,47H2,1-3H3. The molecule has 3 rings (SSSR count). The lowest BCUT2D eigenvalue weighted by molar-refractivity contribution is -0.00378. The molecule has 0 N–H and O–H groups in total. The summed E-state index contributed by atoms with van der Waals surface area (Å²) in [5, 5.41) is 0. The van der Waals surface area contributed by atoms with Crippen LogP contribution in [0.5, 0.6) is 0 Å². The molecule has 2 nitrogen and oxygen atoms in total. The van der Waals surface area contributed by atoms with Gasteiger partial charge in [0.15, 0.2) is 0 Å². The van der Waals surface area contributed by atoms with Gasteiger partial charge in [0.25, 0.3) is 0 Å². The van der Waals surface area contributed by atoms with Crippen molar-refractivity contribution in [2.75, 3.05) is 13.1 Å². The number of unbranched alkanes of at least 4 members (excludes halogenated alkanes) is 26. The van der Waals surface area contributed by atoms with Gasteiger partial charge >= 0.3 is 0 Å². The molecule has 1 heterocycles. The van der Waals surface area contributed by atoms with Crippen molar-refractivity contribution in [2.45, 2.75) is 225 Å². The quantitative estimate of drug-likeness (QED) is 0.0653. The lowest BCUT2D eigenvalue weighted by Crippen LogP contribution is -2.59. The van der Waals surface area contributed by atoms with Crippen LogP contribution in [0.4, 0.5) is 0 Å². The van der Waals surface area contributed by atoms with E-state index in [0.29, 0.717) is 5.92 Å². The average molecular weight is 727 g/mol. The lowest BCUT2D eigenvalue weighted by Gasteiger charge is -2.51. The number of nitrogens with zero attached hydrogens (tertiary/aromatic N) is 2. The van der Waals surface area contributed by atoms with E-state index in [2.05, 4.69) is 104 Å². The Kier molecular flexibility index (Phi) is 25.6. The molecule has 2 atom stereocenters. The van der Waals surface area contributed by atoms with Gasteiger partial charge in [-0.15, -0.1) is 0 Å². The molecular formula is C51H86N2. The van der Waals surface area contributed by atoms with Crippen LogP contribution in [0, 0.1) is 0 Å². The molecule has 1 aliphatic rings. The zero-order valence-electron chi connectivity index (χ0n) is 35.5. The average Bonchev–Trinajstić information content (AvgIpc) is 3.52. The van der Waals surface area contributed by atoms with Crippen LogP contribution >= 0.6 is 0 Å². The summed E-state index contributed by atoms with van der Waals surface area (Å²) in [4.78, 5) is 5.59. The molecular weight excluding hydrogens is 641 g/mol. The van der Waals surface area contributed by atoms with Crippen LogP contribution in [-0.2, 0) is 6.42 Å². The minimum Gasteiger partial charge on any atom is -0.353 e. The SMILES string of the molecule is CCCCCCCCCCCCCCCCCCN1C=CN(CCCCCCCCCCCCCC)C1(Cc1ccccc1)C(CC)c1ccccc1. The van der Waals surface area contributed by atoms with Gasteiger partial charge in [0, 0.05) is 37.8 Å². The second kappa shape index (κ2) is 30.1. The Morgan fingerprint density at radius 1 is 0.396 bits per heavy atom. The highest BCUT2D eigenvalue weighted by atomic mass is 15.4. The van der Waals surface area contributed by atoms with Crippen LogP contribution in [0.3, 0.4) is 0 Å². The predicted molar refractivity (Wildman–Crippen MR) is 236 cm³/mol. The molecule has 53 heavy (non-hydrogen) atoms. The van der Waals surface area contributed by atoms with Crippen molar-refractivity contribution in [2.24, 2.45) is 0 Å². The van der Waals surface area contributed by atoms with Crippen LogP contribution in [0.15, 0.2) is 73.1 Å². The van der Waals surface area contributed by atoms with Crippen LogP contribution in [0.25, 0.3) is 0 Å². The zero-order chi connectivity index (χ0) is 37.5. The minimum atomic E-state index is -0.0647. The van der Waals surface area contributed by atoms with E-state index >= 15 is 0 Å². The molecule has 1 aliphatic heterocycles. The summed E-state index contributed by atoms with van der Waals surface area (Å²) in [6.07, 6.45) is 46.8. The Morgan fingerprint density at radius 2 is 0.717 bits per heavy atom. The van der Waals surface area contributed by atoms with E-state index < -0.39 is 0 Å². The van der Waals surface area contributed by atoms with Crippen molar-refractivity contribution in [1.82, 2.24) is 9.80 Å². The molecule has 0 bridgehead atoms. The molecule has 300 valence electrons. The third kappa shape index (κ3) is 17.9. The Hall–Kier alpha value is -2.22. The topological polar surface area (TPSA) is 6.48 Å². The fourth-order valence-electron chi connectivity index (χ4n) is 9.21. The van der Waals surface area contributed by atoms with E-state index in [0.717, 1.165) is 25.9 Å². The number of hydrogen-bond donors (Lipinski definition) is 0. The van der Waals surface area contributed by atoms with Gasteiger partial charge in [0.1, 0.15) is 5.66 Å². The highest BCUT2D eigenvalue weighted by Crippen LogP contribution is 2.45. The Bertz CT molecular complexity index is 1110. The van der Waals surface area contributed by atoms with Crippen molar-refractivity contribution in [3.8, 4) is 0 Å². The van der Waals surface area contributed by atoms with Gasteiger partial charge < -0.3 is 9.80 Å². The molecule has 2 aromatic carbocycles. The van der Waals surface area contributed by atoms with E-state index in [1.165, 1.54) is 191 Å². The maximum atomic E-state index is 2.80. The monoisotopic (exact) mass is 727 g/mol. The smallest absolute Gasteiger partial charge is 0.123 e.